The van der Waals surface area contributed by atoms with Gasteiger partial charge in [0.2, 0.25) is 15.9 Å². The molecule has 0 N–H and O–H groups in total. The van der Waals surface area contributed by atoms with Gasteiger partial charge in [-0.15, -0.1) is 0 Å². The van der Waals surface area contributed by atoms with Crippen LogP contribution in [-0.2, 0) is 14.8 Å². The molecule has 0 bridgehead atoms. The number of benzene rings is 1. The Morgan fingerprint density at radius 2 is 1.41 bits per heavy atom. The molecule has 1 aromatic carbocycles. The van der Waals surface area contributed by atoms with Crippen LogP contribution in [0, 0.1) is 45.4 Å². The smallest absolute Gasteiger partial charge is 0.243 e. The van der Waals surface area contributed by atoms with Gasteiger partial charge < -0.3 is 4.90 Å². The van der Waals surface area contributed by atoms with Gasteiger partial charge in [-0.2, -0.15) is 4.31 Å². The summed E-state index contributed by atoms with van der Waals surface area (Å²) in [5, 5.41) is 0. The van der Waals surface area contributed by atoms with Gasteiger partial charge in [0.25, 0.3) is 0 Å². The lowest BCUT2D eigenvalue weighted by molar-refractivity contribution is -0.139. The highest BCUT2D eigenvalue weighted by Crippen LogP contribution is 2.32. The number of likely N-dealkylation sites (tertiary alicyclic amines) is 1. The first-order valence-electron chi connectivity index (χ1n) is 10.9. The van der Waals surface area contributed by atoms with Crippen molar-refractivity contribution in [2.24, 2.45) is 17.8 Å². The number of rotatable bonds is 3. The standard InChI is InChI=1S/C23H36N2O3S/c1-15-11-16(2)14-24(13-15)23(26)21-7-9-25(10-8-21)29(27,28)22-19(5)17(3)12-18(4)20(22)6/h12,15-16,21H,7-11,13-14H2,1-6H3/t15-,16-/m0/s1. The van der Waals surface area contributed by atoms with E-state index in [-0.39, 0.29) is 11.8 Å². The van der Waals surface area contributed by atoms with E-state index in [2.05, 4.69) is 19.9 Å². The summed E-state index contributed by atoms with van der Waals surface area (Å²) in [6, 6.07) is 2.05. The highest BCUT2D eigenvalue weighted by atomic mass is 32.2. The van der Waals surface area contributed by atoms with Crippen LogP contribution in [0.25, 0.3) is 0 Å². The fourth-order valence-electron chi connectivity index (χ4n) is 5.14. The minimum Gasteiger partial charge on any atom is -0.342 e. The molecule has 1 aromatic rings. The van der Waals surface area contributed by atoms with Crippen LogP contribution in [0.15, 0.2) is 11.0 Å². The molecule has 0 unspecified atom stereocenters. The van der Waals surface area contributed by atoms with Crippen LogP contribution in [0.1, 0.15) is 55.4 Å². The lowest BCUT2D eigenvalue weighted by atomic mass is 9.89. The van der Waals surface area contributed by atoms with E-state index < -0.39 is 10.0 Å². The number of amides is 1. The van der Waals surface area contributed by atoms with Gasteiger partial charge in [-0.05, 0) is 81.0 Å². The summed E-state index contributed by atoms with van der Waals surface area (Å²) < 4.78 is 28.4. The molecule has 0 aliphatic carbocycles. The van der Waals surface area contributed by atoms with Gasteiger partial charge in [-0.25, -0.2) is 8.42 Å². The predicted molar refractivity (Wildman–Crippen MR) is 116 cm³/mol. The zero-order valence-electron chi connectivity index (χ0n) is 18.8. The summed E-state index contributed by atoms with van der Waals surface area (Å²) in [6.07, 6.45) is 2.40. The minimum atomic E-state index is -3.55. The molecule has 0 saturated carbocycles. The van der Waals surface area contributed by atoms with E-state index in [0.29, 0.717) is 42.7 Å². The summed E-state index contributed by atoms with van der Waals surface area (Å²) in [4.78, 5) is 15.5. The monoisotopic (exact) mass is 420 g/mol. The first-order chi connectivity index (χ1) is 13.5. The first kappa shape index (κ1) is 22.3. The third-order valence-electron chi connectivity index (χ3n) is 6.88. The maximum absolute atomic E-state index is 13.4. The number of nitrogens with zero attached hydrogens (tertiary/aromatic N) is 2. The van der Waals surface area contributed by atoms with Crippen LogP contribution >= 0.6 is 0 Å². The Bertz CT molecular complexity index is 850. The van der Waals surface area contributed by atoms with Gasteiger partial charge in [0.15, 0.2) is 0 Å². The molecule has 29 heavy (non-hydrogen) atoms. The second-order valence-corrected chi connectivity index (χ2v) is 11.3. The zero-order valence-corrected chi connectivity index (χ0v) is 19.6. The Kier molecular flexibility index (Phi) is 6.44. The van der Waals surface area contributed by atoms with E-state index in [0.717, 1.165) is 35.3 Å². The third-order valence-corrected chi connectivity index (χ3v) is 9.05. The minimum absolute atomic E-state index is 0.0552. The van der Waals surface area contributed by atoms with Crippen LogP contribution in [-0.4, -0.2) is 49.7 Å². The Labute approximate surface area is 176 Å². The molecular formula is C23H36N2O3S. The van der Waals surface area contributed by atoms with E-state index in [9.17, 15) is 13.2 Å². The Hall–Kier alpha value is -1.40. The number of aryl methyl sites for hydroxylation is 2. The summed E-state index contributed by atoms with van der Waals surface area (Å²) in [6.45, 7) is 14.6. The topological polar surface area (TPSA) is 57.7 Å². The van der Waals surface area contributed by atoms with Gasteiger partial charge in [-0.3, -0.25) is 4.79 Å². The molecular weight excluding hydrogens is 384 g/mol. The van der Waals surface area contributed by atoms with Crippen molar-refractivity contribution in [1.29, 1.82) is 0 Å². The van der Waals surface area contributed by atoms with Crippen LogP contribution in [0.5, 0.6) is 0 Å². The number of hydrogen-bond acceptors (Lipinski definition) is 3. The van der Waals surface area contributed by atoms with Gasteiger partial charge in [-0.1, -0.05) is 19.9 Å². The van der Waals surface area contributed by atoms with E-state index in [1.54, 1.807) is 4.31 Å². The fourth-order valence-corrected chi connectivity index (χ4v) is 7.19. The molecule has 2 saturated heterocycles. The van der Waals surface area contributed by atoms with Crippen LogP contribution in [0.4, 0.5) is 0 Å². The number of carbonyl (C=O) groups excluding carboxylic acids is 1. The average Bonchev–Trinajstić information content (AvgIpc) is 2.65. The lowest BCUT2D eigenvalue weighted by Crippen LogP contribution is -2.48. The Morgan fingerprint density at radius 1 is 0.931 bits per heavy atom. The van der Waals surface area contributed by atoms with Crippen molar-refractivity contribution in [3.8, 4) is 0 Å². The molecule has 2 aliphatic heterocycles. The highest BCUT2D eigenvalue weighted by molar-refractivity contribution is 7.89. The molecule has 162 valence electrons. The molecule has 0 radical (unpaired) electrons. The molecule has 1 amide bonds. The largest absolute Gasteiger partial charge is 0.342 e. The van der Waals surface area contributed by atoms with Crippen LogP contribution in [0.3, 0.4) is 0 Å². The summed E-state index contributed by atoms with van der Waals surface area (Å²) in [5.41, 5.74) is 3.68. The second-order valence-electron chi connectivity index (χ2n) is 9.46. The Morgan fingerprint density at radius 3 is 1.90 bits per heavy atom. The lowest BCUT2D eigenvalue weighted by Gasteiger charge is -2.39. The molecule has 0 spiro atoms. The molecule has 0 aromatic heterocycles. The number of carbonyl (C=O) groups is 1. The summed E-state index contributed by atoms with van der Waals surface area (Å²) in [7, 11) is -3.55. The van der Waals surface area contributed by atoms with E-state index >= 15 is 0 Å². The second kappa shape index (κ2) is 8.38. The molecule has 3 rings (SSSR count). The van der Waals surface area contributed by atoms with Crippen molar-refractivity contribution < 1.29 is 13.2 Å². The maximum atomic E-state index is 13.4. The van der Waals surface area contributed by atoms with Gasteiger partial charge in [0.05, 0.1) is 4.90 Å². The SMILES string of the molecule is Cc1cc(C)c(C)c(S(=O)(=O)N2CCC(C(=O)N3C[C@@H](C)C[C@H](C)C3)CC2)c1C. The van der Waals surface area contributed by atoms with Crippen molar-refractivity contribution in [1.82, 2.24) is 9.21 Å². The van der Waals surface area contributed by atoms with Gasteiger partial charge >= 0.3 is 0 Å². The zero-order chi connectivity index (χ0) is 21.5. The van der Waals surface area contributed by atoms with Crippen LogP contribution in [0.2, 0.25) is 0 Å². The fraction of sp³-hybridized carbons (Fsp3) is 0.696. The molecule has 5 nitrogen and oxygen atoms in total. The number of hydrogen-bond donors (Lipinski definition) is 0. The summed E-state index contributed by atoms with van der Waals surface area (Å²) in [5.74, 6) is 1.25. The highest BCUT2D eigenvalue weighted by Gasteiger charge is 2.36. The normalized spacial score (nSPS) is 24.7. The van der Waals surface area contributed by atoms with Crippen molar-refractivity contribution >= 4 is 15.9 Å². The maximum Gasteiger partial charge on any atom is 0.243 e. The Balaban J connectivity index is 1.73. The molecule has 2 heterocycles. The van der Waals surface area contributed by atoms with Crippen molar-refractivity contribution in [2.75, 3.05) is 26.2 Å². The van der Waals surface area contributed by atoms with E-state index in [4.69, 9.17) is 0 Å². The average molecular weight is 421 g/mol. The molecule has 6 heteroatoms. The predicted octanol–water partition coefficient (Wildman–Crippen LogP) is 3.83. The van der Waals surface area contributed by atoms with E-state index in [1.807, 2.05) is 32.6 Å². The van der Waals surface area contributed by atoms with Crippen molar-refractivity contribution in [3.63, 3.8) is 0 Å². The third kappa shape index (κ3) is 4.38. The van der Waals surface area contributed by atoms with Gasteiger partial charge in [0.1, 0.15) is 0 Å². The first-order valence-corrected chi connectivity index (χ1v) is 12.3. The van der Waals surface area contributed by atoms with Crippen molar-refractivity contribution in [2.45, 2.75) is 65.7 Å². The number of sulfonamides is 1. The molecule has 2 aliphatic rings. The van der Waals surface area contributed by atoms with Crippen LogP contribution < -0.4 is 0 Å². The molecule has 2 atom stereocenters. The summed E-state index contributed by atoms with van der Waals surface area (Å²) >= 11 is 0. The quantitative estimate of drug-likeness (QED) is 0.747. The van der Waals surface area contributed by atoms with Gasteiger partial charge in [0, 0.05) is 32.1 Å². The van der Waals surface area contributed by atoms with E-state index in [1.165, 1.54) is 6.42 Å². The van der Waals surface area contributed by atoms with Crippen molar-refractivity contribution in [3.05, 3.63) is 28.3 Å². The molecule has 2 fully saturated rings. The number of piperidine rings is 2.